The summed E-state index contributed by atoms with van der Waals surface area (Å²) in [5.41, 5.74) is 1.77. The molecule has 1 saturated carbocycles. The van der Waals surface area contributed by atoms with Crippen LogP contribution in [0.2, 0.25) is 0 Å². The Balaban J connectivity index is 1.82. The predicted octanol–water partition coefficient (Wildman–Crippen LogP) is 0.981. The van der Waals surface area contributed by atoms with Gasteiger partial charge >= 0.3 is 0 Å². The highest BCUT2D eigenvalue weighted by Gasteiger charge is 2.31. The van der Waals surface area contributed by atoms with Crippen molar-refractivity contribution in [3.05, 3.63) is 11.3 Å². The molecular weight excluding hydrogens is 218 g/mol. The molecule has 2 aliphatic rings. The molecular formula is C12H17N3O2. The first kappa shape index (κ1) is 10.8. The number of aliphatic hydroxyl groups is 1. The Morgan fingerprint density at radius 1 is 1.53 bits per heavy atom. The number of nitrogens with one attached hydrogen (secondary N) is 1. The van der Waals surface area contributed by atoms with Crippen molar-refractivity contribution in [1.82, 2.24) is 10.2 Å². The SMILES string of the molecule is O=C(CC1CC1)N1CCCc2c1n[nH]c2CO. The van der Waals surface area contributed by atoms with Gasteiger partial charge in [-0.15, -0.1) is 0 Å². The lowest BCUT2D eigenvalue weighted by Gasteiger charge is -2.26. The normalized spacial score (nSPS) is 19.2. The van der Waals surface area contributed by atoms with Crippen LogP contribution in [0, 0.1) is 5.92 Å². The summed E-state index contributed by atoms with van der Waals surface area (Å²) in [7, 11) is 0. The number of nitrogens with zero attached hydrogens (tertiary/aromatic N) is 2. The van der Waals surface area contributed by atoms with Crippen molar-refractivity contribution in [2.45, 2.75) is 38.7 Å². The van der Waals surface area contributed by atoms with Crippen molar-refractivity contribution in [2.24, 2.45) is 5.92 Å². The van der Waals surface area contributed by atoms with Gasteiger partial charge in [0.1, 0.15) is 0 Å². The fourth-order valence-corrected chi connectivity index (χ4v) is 2.45. The van der Waals surface area contributed by atoms with E-state index in [1.54, 1.807) is 4.90 Å². The van der Waals surface area contributed by atoms with E-state index in [-0.39, 0.29) is 12.5 Å². The maximum absolute atomic E-state index is 12.1. The van der Waals surface area contributed by atoms with Gasteiger partial charge in [-0.25, -0.2) is 0 Å². The van der Waals surface area contributed by atoms with Crippen molar-refractivity contribution in [2.75, 3.05) is 11.4 Å². The van der Waals surface area contributed by atoms with Gasteiger partial charge in [-0.05, 0) is 31.6 Å². The van der Waals surface area contributed by atoms with Crippen LogP contribution >= 0.6 is 0 Å². The summed E-state index contributed by atoms with van der Waals surface area (Å²) in [5.74, 6) is 1.53. The van der Waals surface area contributed by atoms with Crippen LogP contribution in [-0.4, -0.2) is 27.8 Å². The minimum atomic E-state index is -0.0347. The first-order valence-electron chi connectivity index (χ1n) is 6.27. The molecule has 92 valence electrons. The summed E-state index contributed by atoms with van der Waals surface area (Å²) in [6.45, 7) is 0.723. The molecule has 0 saturated heterocycles. The molecule has 1 aliphatic carbocycles. The first-order valence-corrected chi connectivity index (χ1v) is 6.27. The number of carbonyl (C=O) groups excluding carboxylic acids is 1. The molecule has 0 radical (unpaired) electrons. The van der Waals surface area contributed by atoms with Gasteiger partial charge in [-0.2, -0.15) is 5.10 Å². The largest absolute Gasteiger partial charge is 0.390 e. The third-order valence-electron chi connectivity index (χ3n) is 3.61. The van der Waals surface area contributed by atoms with E-state index in [0.717, 1.165) is 36.5 Å². The zero-order chi connectivity index (χ0) is 11.8. The summed E-state index contributed by atoms with van der Waals surface area (Å²) in [5, 5.41) is 16.2. The molecule has 1 amide bonds. The van der Waals surface area contributed by atoms with Gasteiger partial charge < -0.3 is 5.11 Å². The third-order valence-corrected chi connectivity index (χ3v) is 3.61. The van der Waals surface area contributed by atoms with Gasteiger partial charge in [0, 0.05) is 18.5 Å². The molecule has 2 N–H and O–H groups in total. The summed E-state index contributed by atoms with van der Waals surface area (Å²) in [6.07, 6.45) is 4.88. The second-order valence-electron chi connectivity index (χ2n) is 4.96. The van der Waals surface area contributed by atoms with E-state index in [1.807, 2.05) is 0 Å². The van der Waals surface area contributed by atoms with E-state index in [4.69, 9.17) is 0 Å². The zero-order valence-corrected chi connectivity index (χ0v) is 9.78. The lowest BCUT2D eigenvalue weighted by molar-refractivity contribution is -0.119. The summed E-state index contributed by atoms with van der Waals surface area (Å²) < 4.78 is 0. The summed E-state index contributed by atoms with van der Waals surface area (Å²) >= 11 is 0. The molecule has 0 atom stereocenters. The van der Waals surface area contributed by atoms with Crippen LogP contribution in [0.5, 0.6) is 0 Å². The minimum absolute atomic E-state index is 0.0347. The topological polar surface area (TPSA) is 69.2 Å². The van der Waals surface area contributed by atoms with Crippen molar-refractivity contribution >= 4 is 11.7 Å². The van der Waals surface area contributed by atoms with Crippen LogP contribution in [0.4, 0.5) is 5.82 Å². The van der Waals surface area contributed by atoms with E-state index in [9.17, 15) is 9.90 Å². The lowest BCUT2D eigenvalue weighted by atomic mass is 10.0. The molecule has 1 aromatic rings. The second kappa shape index (κ2) is 4.14. The van der Waals surface area contributed by atoms with E-state index in [2.05, 4.69) is 10.2 Å². The number of fused-ring (bicyclic) bond motifs is 1. The number of rotatable bonds is 3. The van der Waals surface area contributed by atoms with E-state index in [0.29, 0.717) is 12.3 Å². The molecule has 0 aromatic carbocycles. The fraction of sp³-hybridized carbons (Fsp3) is 0.667. The summed E-state index contributed by atoms with van der Waals surface area (Å²) in [4.78, 5) is 13.9. The molecule has 17 heavy (non-hydrogen) atoms. The number of hydrogen-bond acceptors (Lipinski definition) is 3. The quantitative estimate of drug-likeness (QED) is 0.820. The maximum atomic E-state index is 12.1. The Bertz CT molecular complexity index is 437. The van der Waals surface area contributed by atoms with Crippen molar-refractivity contribution in [1.29, 1.82) is 0 Å². The van der Waals surface area contributed by atoms with E-state index < -0.39 is 0 Å². The number of hydrogen-bond donors (Lipinski definition) is 2. The molecule has 5 nitrogen and oxygen atoms in total. The summed E-state index contributed by atoms with van der Waals surface area (Å²) in [6, 6.07) is 0. The van der Waals surface area contributed by atoms with Gasteiger partial charge in [-0.3, -0.25) is 14.8 Å². The molecule has 1 fully saturated rings. The monoisotopic (exact) mass is 235 g/mol. The predicted molar refractivity (Wildman–Crippen MR) is 62.5 cm³/mol. The average molecular weight is 235 g/mol. The Labute approximate surface area is 99.8 Å². The fourth-order valence-electron chi connectivity index (χ4n) is 2.45. The number of amides is 1. The van der Waals surface area contributed by atoms with E-state index >= 15 is 0 Å². The highest BCUT2D eigenvalue weighted by molar-refractivity contribution is 5.93. The van der Waals surface area contributed by atoms with Gasteiger partial charge in [0.05, 0.1) is 12.3 Å². The molecule has 2 heterocycles. The Morgan fingerprint density at radius 3 is 3.06 bits per heavy atom. The zero-order valence-electron chi connectivity index (χ0n) is 9.78. The minimum Gasteiger partial charge on any atom is -0.390 e. The molecule has 0 unspecified atom stereocenters. The highest BCUT2D eigenvalue weighted by atomic mass is 16.3. The van der Waals surface area contributed by atoms with Crippen molar-refractivity contribution < 1.29 is 9.90 Å². The van der Waals surface area contributed by atoms with Crippen LogP contribution in [0.1, 0.15) is 36.9 Å². The molecule has 0 spiro atoms. The number of carbonyl (C=O) groups is 1. The first-order chi connectivity index (χ1) is 8.29. The molecule has 3 rings (SSSR count). The molecule has 0 bridgehead atoms. The number of aromatic amines is 1. The maximum Gasteiger partial charge on any atom is 0.228 e. The van der Waals surface area contributed by atoms with Crippen LogP contribution < -0.4 is 4.90 Å². The Kier molecular flexibility index (Phi) is 2.63. The van der Waals surface area contributed by atoms with Gasteiger partial charge in [0.25, 0.3) is 0 Å². The van der Waals surface area contributed by atoms with Crippen LogP contribution in [0.25, 0.3) is 0 Å². The van der Waals surface area contributed by atoms with Gasteiger partial charge in [0.15, 0.2) is 5.82 Å². The number of aromatic nitrogens is 2. The van der Waals surface area contributed by atoms with Gasteiger partial charge in [-0.1, -0.05) is 0 Å². The second-order valence-corrected chi connectivity index (χ2v) is 4.96. The van der Waals surface area contributed by atoms with Crippen molar-refractivity contribution in [3.63, 3.8) is 0 Å². The van der Waals surface area contributed by atoms with Crippen LogP contribution in [-0.2, 0) is 17.8 Å². The molecule has 5 heteroatoms. The van der Waals surface area contributed by atoms with Crippen LogP contribution in [0.3, 0.4) is 0 Å². The van der Waals surface area contributed by atoms with E-state index in [1.165, 1.54) is 12.8 Å². The molecule has 1 aromatic heterocycles. The smallest absolute Gasteiger partial charge is 0.228 e. The number of H-pyrrole nitrogens is 1. The molecule has 1 aliphatic heterocycles. The Hall–Kier alpha value is -1.36. The van der Waals surface area contributed by atoms with Gasteiger partial charge in [0.2, 0.25) is 5.91 Å². The standard InChI is InChI=1S/C12H17N3O2/c16-7-10-9-2-1-5-15(12(9)14-13-10)11(17)6-8-3-4-8/h8,16H,1-7H2,(H,13,14). The average Bonchev–Trinajstić information content (AvgIpc) is 3.06. The highest BCUT2D eigenvalue weighted by Crippen LogP contribution is 2.35. The van der Waals surface area contributed by atoms with Crippen molar-refractivity contribution in [3.8, 4) is 0 Å². The van der Waals surface area contributed by atoms with Crippen LogP contribution in [0.15, 0.2) is 0 Å². The third kappa shape index (κ3) is 1.95. The number of aliphatic hydroxyl groups excluding tert-OH is 1. The number of anilines is 1. The Morgan fingerprint density at radius 2 is 2.35 bits per heavy atom. The lowest BCUT2D eigenvalue weighted by Crippen LogP contribution is -2.35.